The van der Waals surface area contributed by atoms with Gasteiger partial charge < -0.3 is 15.0 Å². The zero-order valence-corrected chi connectivity index (χ0v) is 18.2. The minimum absolute atomic E-state index is 0.0189. The van der Waals surface area contributed by atoms with Gasteiger partial charge in [-0.1, -0.05) is 39.0 Å². The number of hydrogen-bond acceptors (Lipinski definition) is 4. The minimum Gasteiger partial charge on any atom is -0.489 e. The Bertz CT molecular complexity index is 908. The van der Waals surface area contributed by atoms with Crippen LogP contribution >= 0.6 is 0 Å². The summed E-state index contributed by atoms with van der Waals surface area (Å²) in [5.74, 6) is 0.969. The van der Waals surface area contributed by atoms with E-state index in [1.807, 2.05) is 52.0 Å². The largest absolute Gasteiger partial charge is 0.489 e. The van der Waals surface area contributed by atoms with Crippen LogP contribution in [0.25, 0.3) is 0 Å². The Morgan fingerprint density at radius 2 is 1.84 bits per heavy atom. The number of pyridine rings is 1. The fourth-order valence-electron chi connectivity index (χ4n) is 3.31. The van der Waals surface area contributed by atoms with Crippen LogP contribution in [-0.4, -0.2) is 30.1 Å². The number of amides is 1. The Kier molecular flexibility index (Phi) is 6.48. The molecule has 8 heteroatoms. The summed E-state index contributed by atoms with van der Waals surface area (Å²) in [5.41, 5.74) is -0.385. The van der Waals surface area contributed by atoms with E-state index in [-0.39, 0.29) is 18.1 Å². The molecule has 1 amide bonds. The highest BCUT2D eigenvalue weighted by Gasteiger charge is 2.33. The van der Waals surface area contributed by atoms with Crippen LogP contribution in [0.15, 0.2) is 42.5 Å². The van der Waals surface area contributed by atoms with Crippen molar-refractivity contribution in [3.8, 4) is 5.75 Å². The number of ether oxygens (including phenoxy) is 1. The lowest BCUT2D eigenvalue weighted by Crippen LogP contribution is -2.36. The van der Waals surface area contributed by atoms with Crippen LogP contribution < -0.4 is 15.0 Å². The normalized spacial score (nSPS) is 18.0. The molecule has 3 rings (SSSR count). The summed E-state index contributed by atoms with van der Waals surface area (Å²) in [6.45, 7) is 8.57. The van der Waals surface area contributed by atoms with Crippen molar-refractivity contribution in [3.05, 3.63) is 53.7 Å². The van der Waals surface area contributed by atoms with Crippen LogP contribution in [0.5, 0.6) is 5.75 Å². The Labute approximate surface area is 180 Å². The third kappa shape index (κ3) is 5.89. The van der Waals surface area contributed by atoms with Crippen molar-refractivity contribution in [1.82, 2.24) is 10.3 Å². The summed E-state index contributed by atoms with van der Waals surface area (Å²) >= 11 is 0. The highest BCUT2D eigenvalue weighted by atomic mass is 19.4. The van der Waals surface area contributed by atoms with Gasteiger partial charge in [0.15, 0.2) is 0 Å². The second-order valence-electron chi connectivity index (χ2n) is 8.87. The quantitative estimate of drug-likeness (QED) is 0.720. The molecule has 168 valence electrons. The van der Waals surface area contributed by atoms with E-state index in [1.54, 1.807) is 11.0 Å². The molecular formula is C23H28F3N3O2. The maximum absolute atomic E-state index is 12.9. The average molecular weight is 435 g/mol. The number of anilines is 1. The van der Waals surface area contributed by atoms with E-state index in [9.17, 15) is 18.0 Å². The van der Waals surface area contributed by atoms with E-state index < -0.39 is 17.3 Å². The smallest absolute Gasteiger partial charge is 0.433 e. The lowest BCUT2D eigenvalue weighted by molar-refractivity contribution is -0.141. The number of nitrogens with zero attached hydrogens (tertiary/aromatic N) is 2. The molecule has 1 aliphatic rings. The molecule has 1 aromatic heterocycles. The molecule has 1 aromatic carbocycles. The van der Waals surface area contributed by atoms with E-state index in [0.717, 1.165) is 11.6 Å². The molecule has 1 saturated heterocycles. The summed E-state index contributed by atoms with van der Waals surface area (Å²) < 4.78 is 44.7. The van der Waals surface area contributed by atoms with Crippen LogP contribution in [0, 0.1) is 5.41 Å². The molecule has 0 spiro atoms. The van der Waals surface area contributed by atoms with Crippen molar-refractivity contribution < 1.29 is 22.7 Å². The summed E-state index contributed by atoms with van der Waals surface area (Å²) in [6.07, 6.45) is -3.91. The molecule has 0 unspecified atom stereocenters. The van der Waals surface area contributed by atoms with E-state index in [0.29, 0.717) is 31.1 Å². The molecule has 1 N–H and O–H groups in total. The van der Waals surface area contributed by atoms with Gasteiger partial charge in [0.2, 0.25) is 5.91 Å². The number of halogens is 3. The maximum atomic E-state index is 12.9. The monoisotopic (exact) mass is 435 g/mol. The van der Waals surface area contributed by atoms with Gasteiger partial charge in [0.1, 0.15) is 23.4 Å². The van der Waals surface area contributed by atoms with Crippen LogP contribution in [0.3, 0.4) is 0 Å². The first-order valence-electron chi connectivity index (χ1n) is 10.3. The SMILES string of the molecule is C[C@H](NC(=O)C(C)(C)C)c1ccc(O[C@@H]2CCN(c3cccc(C(F)(F)F)n3)C2)cc1. The van der Waals surface area contributed by atoms with E-state index in [2.05, 4.69) is 10.3 Å². The number of alkyl halides is 3. The lowest BCUT2D eigenvalue weighted by atomic mass is 9.94. The number of rotatable bonds is 5. The van der Waals surface area contributed by atoms with Gasteiger partial charge in [-0.15, -0.1) is 0 Å². The first kappa shape index (κ1) is 22.9. The molecular weight excluding hydrogens is 407 g/mol. The molecule has 0 bridgehead atoms. The van der Waals surface area contributed by atoms with Crippen LogP contribution in [0.1, 0.15) is 51.4 Å². The molecule has 0 saturated carbocycles. The van der Waals surface area contributed by atoms with Crippen LogP contribution in [0.4, 0.5) is 19.0 Å². The molecule has 0 aliphatic carbocycles. The number of hydrogen-bond donors (Lipinski definition) is 1. The third-order valence-corrected chi connectivity index (χ3v) is 5.21. The second kappa shape index (κ2) is 8.77. The Balaban J connectivity index is 1.58. The predicted octanol–water partition coefficient (Wildman–Crippen LogP) is 4.98. The van der Waals surface area contributed by atoms with Crippen molar-refractivity contribution in [1.29, 1.82) is 0 Å². The van der Waals surface area contributed by atoms with Crippen molar-refractivity contribution in [2.75, 3.05) is 18.0 Å². The van der Waals surface area contributed by atoms with Crippen molar-refractivity contribution in [3.63, 3.8) is 0 Å². The summed E-state index contributed by atoms with van der Waals surface area (Å²) in [7, 11) is 0. The molecule has 1 fully saturated rings. The minimum atomic E-state index is -4.46. The third-order valence-electron chi connectivity index (χ3n) is 5.21. The molecule has 5 nitrogen and oxygen atoms in total. The predicted molar refractivity (Wildman–Crippen MR) is 113 cm³/mol. The van der Waals surface area contributed by atoms with E-state index in [4.69, 9.17) is 4.74 Å². The molecule has 0 radical (unpaired) electrons. The van der Waals surface area contributed by atoms with Crippen molar-refractivity contribution in [2.45, 2.75) is 52.4 Å². The number of aromatic nitrogens is 1. The zero-order valence-electron chi connectivity index (χ0n) is 18.2. The number of benzene rings is 1. The number of carbonyl (C=O) groups is 1. The van der Waals surface area contributed by atoms with Gasteiger partial charge in [0, 0.05) is 18.4 Å². The van der Waals surface area contributed by atoms with Gasteiger partial charge in [-0.05, 0) is 36.8 Å². The fourth-order valence-corrected chi connectivity index (χ4v) is 3.31. The lowest BCUT2D eigenvalue weighted by Gasteiger charge is -2.22. The van der Waals surface area contributed by atoms with Gasteiger partial charge in [-0.2, -0.15) is 13.2 Å². The van der Waals surface area contributed by atoms with Gasteiger partial charge in [-0.3, -0.25) is 4.79 Å². The first-order valence-corrected chi connectivity index (χ1v) is 10.3. The van der Waals surface area contributed by atoms with Crippen LogP contribution in [-0.2, 0) is 11.0 Å². The van der Waals surface area contributed by atoms with Crippen LogP contribution in [0.2, 0.25) is 0 Å². The molecule has 1 aliphatic heterocycles. The summed E-state index contributed by atoms with van der Waals surface area (Å²) in [4.78, 5) is 17.7. The van der Waals surface area contributed by atoms with Gasteiger partial charge in [0.05, 0.1) is 12.6 Å². The summed E-state index contributed by atoms with van der Waals surface area (Å²) in [6, 6.07) is 11.3. The highest BCUT2D eigenvalue weighted by Crippen LogP contribution is 2.30. The highest BCUT2D eigenvalue weighted by molar-refractivity contribution is 5.81. The topological polar surface area (TPSA) is 54.5 Å². The Hall–Kier alpha value is -2.77. The number of nitrogens with one attached hydrogen (secondary N) is 1. The molecule has 2 heterocycles. The standard InChI is InChI=1S/C23H28F3N3O2/c1-15(27-21(30)22(2,3)4)16-8-10-17(11-9-16)31-18-12-13-29(14-18)20-7-5-6-19(28-20)23(24,25)26/h5-11,15,18H,12-14H2,1-4H3,(H,27,30)/t15-,18+/m0/s1. The average Bonchev–Trinajstić information content (AvgIpc) is 3.15. The van der Waals surface area contributed by atoms with Gasteiger partial charge in [0.25, 0.3) is 0 Å². The molecule has 31 heavy (non-hydrogen) atoms. The summed E-state index contributed by atoms with van der Waals surface area (Å²) in [5, 5.41) is 2.99. The number of carbonyl (C=O) groups excluding carboxylic acids is 1. The fraction of sp³-hybridized carbons (Fsp3) is 0.478. The van der Waals surface area contributed by atoms with Gasteiger partial charge in [-0.25, -0.2) is 4.98 Å². The maximum Gasteiger partial charge on any atom is 0.433 e. The van der Waals surface area contributed by atoms with E-state index >= 15 is 0 Å². The second-order valence-corrected chi connectivity index (χ2v) is 8.87. The van der Waals surface area contributed by atoms with Gasteiger partial charge >= 0.3 is 6.18 Å². The van der Waals surface area contributed by atoms with E-state index in [1.165, 1.54) is 6.07 Å². The first-order chi connectivity index (χ1) is 14.4. The van der Waals surface area contributed by atoms with Crippen molar-refractivity contribution >= 4 is 11.7 Å². The molecule has 2 aromatic rings. The molecule has 2 atom stereocenters. The zero-order chi connectivity index (χ0) is 22.8. The Morgan fingerprint density at radius 1 is 1.16 bits per heavy atom. The Morgan fingerprint density at radius 3 is 2.45 bits per heavy atom. The van der Waals surface area contributed by atoms with Crippen molar-refractivity contribution in [2.24, 2.45) is 5.41 Å².